The fourth-order valence-electron chi connectivity index (χ4n) is 2.90. The highest BCUT2D eigenvalue weighted by atomic mass is 19.3. The lowest BCUT2D eigenvalue weighted by Gasteiger charge is -2.17. The highest BCUT2D eigenvalue weighted by molar-refractivity contribution is 6.06. The van der Waals surface area contributed by atoms with Crippen molar-refractivity contribution in [3.8, 4) is 5.75 Å². The molecule has 0 saturated heterocycles. The van der Waals surface area contributed by atoms with Crippen molar-refractivity contribution in [2.24, 2.45) is 0 Å². The summed E-state index contributed by atoms with van der Waals surface area (Å²) in [5, 5.41) is 9.74. The second-order valence-electron chi connectivity index (χ2n) is 5.74. The van der Waals surface area contributed by atoms with E-state index in [1.54, 1.807) is 0 Å². The van der Waals surface area contributed by atoms with Gasteiger partial charge in [0.2, 0.25) is 0 Å². The zero-order valence-electron chi connectivity index (χ0n) is 13.5. The van der Waals surface area contributed by atoms with E-state index >= 15 is 0 Å². The lowest BCUT2D eigenvalue weighted by Crippen LogP contribution is -2.34. The van der Waals surface area contributed by atoms with Crippen molar-refractivity contribution in [3.05, 3.63) is 53.3 Å². The standard InChI is InChI=1S/C17H14F4N2O3/c1-9(24)12-3-2-4-13-14(12)17(20,21)15(25)23(13)8-10-7-11(5-6-22-10)26-16(18)19/h2-7,9,16,24H,8H2,1H3/t9-/m0/s1. The average Bonchev–Trinajstić information content (AvgIpc) is 2.75. The third kappa shape index (κ3) is 3.10. The Morgan fingerprint density at radius 1 is 1.31 bits per heavy atom. The minimum Gasteiger partial charge on any atom is -0.435 e. The molecular formula is C17H14F4N2O3. The molecule has 5 nitrogen and oxygen atoms in total. The zero-order valence-corrected chi connectivity index (χ0v) is 13.5. The molecule has 9 heteroatoms. The number of carbonyl (C=O) groups excluding carboxylic acids is 1. The number of aromatic nitrogens is 1. The molecule has 1 aromatic carbocycles. The van der Waals surface area contributed by atoms with Crippen LogP contribution in [0.2, 0.25) is 0 Å². The largest absolute Gasteiger partial charge is 0.435 e. The smallest absolute Gasteiger partial charge is 0.387 e. The van der Waals surface area contributed by atoms with Gasteiger partial charge in [0.1, 0.15) is 5.75 Å². The van der Waals surface area contributed by atoms with Gasteiger partial charge in [0.25, 0.3) is 0 Å². The number of aliphatic hydroxyl groups is 1. The quantitative estimate of drug-likeness (QED) is 0.820. The Kier molecular flexibility index (Phi) is 4.57. The number of hydrogen-bond donors (Lipinski definition) is 1. The van der Waals surface area contributed by atoms with Crippen LogP contribution in [0.4, 0.5) is 23.2 Å². The first-order chi connectivity index (χ1) is 12.2. The van der Waals surface area contributed by atoms with E-state index in [9.17, 15) is 27.5 Å². The Morgan fingerprint density at radius 3 is 2.69 bits per heavy atom. The number of nitrogens with zero attached hydrogens (tertiary/aromatic N) is 2. The number of fused-ring (bicyclic) bond motifs is 1. The van der Waals surface area contributed by atoms with E-state index in [-0.39, 0.29) is 29.2 Å². The van der Waals surface area contributed by atoms with Gasteiger partial charge in [0.05, 0.1) is 29.6 Å². The fourth-order valence-corrected chi connectivity index (χ4v) is 2.90. The predicted molar refractivity (Wildman–Crippen MR) is 83.0 cm³/mol. The van der Waals surface area contributed by atoms with Crippen molar-refractivity contribution in [3.63, 3.8) is 0 Å². The number of aliphatic hydroxyl groups excluding tert-OH is 1. The minimum atomic E-state index is -3.81. The molecule has 2 heterocycles. The summed E-state index contributed by atoms with van der Waals surface area (Å²) in [4.78, 5) is 17.0. The first kappa shape index (κ1) is 18.1. The van der Waals surface area contributed by atoms with Gasteiger partial charge >= 0.3 is 18.4 Å². The average molecular weight is 370 g/mol. The SMILES string of the molecule is C[C@H](O)c1cccc2c1C(F)(F)C(=O)N2Cc1cc(OC(F)F)ccn1. The van der Waals surface area contributed by atoms with E-state index in [4.69, 9.17) is 0 Å². The number of halogens is 4. The van der Waals surface area contributed by atoms with E-state index in [2.05, 4.69) is 9.72 Å². The van der Waals surface area contributed by atoms with Crippen LogP contribution < -0.4 is 9.64 Å². The number of rotatable bonds is 5. The summed E-state index contributed by atoms with van der Waals surface area (Å²) < 4.78 is 57.9. The third-order valence-corrected chi connectivity index (χ3v) is 3.98. The molecule has 3 rings (SSSR count). The molecule has 0 unspecified atom stereocenters. The predicted octanol–water partition coefficient (Wildman–Crippen LogP) is 3.37. The number of hydrogen-bond acceptors (Lipinski definition) is 4. The third-order valence-electron chi connectivity index (χ3n) is 3.98. The fraction of sp³-hybridized carbons (Fsp3) is 0.294. The Labute approximate surface area is 145 Å². The van der Waals surface area contributed by atoms with Crippen molar-refractivity contribution in [1.82, 2.24) is 4.98 Å². The summed E-state index contributed by atoms with van der Waals surface area (Å²) in [5.41, 5.74) is -0.561. The highest BCUT2D eigenvalue weighted by Gasteiger charge is 2.54. The van der Waals surface area contributed by atoms with Gasteiger partial charge in [0, 0.05) is 12.3 Å². The maximum absolute atomic E-state index is 14.5. The van der Waals surface area contributed by atoms with Gasteiger partial charge in [-0.3, -0.25) is 9.78 Å². The molecule has 0 aliphatic carbocycles. The van der Waals surface area contributed by atoms with Crippen molar-refractivity contribution in [1.29, 1.82) is 0 Å². The van der Waals surface area contributed by atoms with Crippen LogP contribution in [0.25, 0.3) is 0 Å². The number of anilines is 1. The second kappa shape index (κ2) is 6.56. The normalized spacial score (nSPS) is 16.7. The van der Waals surface area contributed by atoms with Crippen LogP contribution in [-0.2, 0) is 17.3 Å². The van der Waals surface area contributed by atoms with Gasteiger partial charge < -0.3 is 14.7 Å². The Bertz CT molecular complexity index is 843. The van der Waals surface area contributed by atoms with Crippen LogP contribution in [0.3, 0.4) is 0 Å². The molecule has 1 amide bonds. The summed E-state index contributed by atoms with van der Waals surface area (Å²) in [6, 6.07) is 6.44. The molecule has 0 spiro atoms. The molecule has 1 aliphatic rings. The van der Waals surface area contributed by atoms with Crippen LogP contribution in [0.1, 0.15) is 29.8 Å². The lowest BCUT2D eigenvalue weighted by atomic mass is 9.98. The Hall–Kier alpha value is -2.68. The van der Waals surface area contributed by atoms with Gasteiger partial charge in [0.15, 0.2) is 0 Å². The van der Waals surface area contributed by atoms with Gasteiger partial charge in [-0.1, -0.05) is 12.1 Å². The maximum atomic E-state index is 14.5. The summed E-state index contributed by atoms with van der Waals surface area (Å²) in [5.74, 6) is -5.47. The molecule has 0 radical (unpaired) electrons. The first-order valence-electron chi connectivity index (χ1n) is 7.62. The van der Waals surface area contributed by atoms with E-state index in [1.165, 1.54) is 37.4 Å². The molecule has 0 saturated carbocycles. The number of ether oxygens (including phenoxy) is 1. The van der Waals surface area contributed by atoms with Crippen molar-refractivity contribution >= 4 is 11.6 Å². The van der Waals surface area contributed by atoms with Gasteiger partial charge in [-0.2, -0.15) is 17.6 Å². The van der Waals surface area contributed by atoms with E-state index < -0.39 is 30.1 Å². The summed E-state index contributed by atoms with van der Waals surface area (Å²) in [6.07, 6.45) is -0.0109. The molecule has 1 aromatic heterocycles. The van der Waals surface area contributed by atoms with Crippen LogP contribution >= 0.6 is 0 Å². The molecule has 2 aromatic rings. The second-order valence-corrected chi connectivity index (χ2v) is 5.74. The highest BCUT2D eigenvalue weighted by Crippen LogP contribution is 2.47. The molecule has 1 aliphatic heterocycles. The van der Waals surface area contributed by atoms with E-state index in [0.29, 0.717) is 0 Å². The first-order valence-corrected chi connectivity index (χ1v) is 7.62. The number of alkyl halides is 4. The number of pyridine rings is 1. The van der Waals surface area contributed by atoms with E-state index in [1.807, 2.05) is 0 Å². The Balaban J connectivity index is 1.98. The molecule has 0 fully saturated rings. The van der Waals surface area contributed by atoms with Gasteiger partial charge in [-0.15, -0.1) is 0 Å². The summed E-state index contributed by atoms with van der Waals surface area (Å²) >= 11 is 0. The van der Waals surface area contributed by atoms with Crippen molar-refractivity contribution < 1.29 is 32.2 Å². The van der Waals surface area contributed by atoms with Crippen molar-refractivity contribution in [2.45, 2.75) is 32.1 Å². The summed E-state index contributed by atoms with van der Waals surface area (Å²) in [6.45, 7) is -2.08. The maximum Gasteiger partial charge on any atom is 0.387 e. The molecule has 26 heavy (non-hydrogen) atoms. The van der Waals surface area contributed by atoms with E-state index in [0.717, 1.165) is 11.0 Å². The molecule has 138 valence electrons. The number of benzene rings is 1. The topological polar surface area (TPSA) is 62.7 Å². The van der Waals surface area contributed by atoms with Crippen LogP contribution in [0.5, 0.6) is 5.75 Å². The molecule has 1 atom stereocenters. The molecule has 1 N–H and O–H groups in total. The van der Waals surface area contributed by atoms with Crippen LogP contribution in [0.15, 0.2) is 36.5 Å². The van der Waals surface area contributed by atoms with Crippen LogP contribution in [-0.4, -0.2) is 22.6 Å². The number of amides is 1. The van der Waals surface area contributed by atoms with Crippen molar-refractivity contribution in [2.75, 3.05) is 4.90 Å². The Morgan fingerprint density at radius 2 is 2.04 bits per heavy atom. The molecular weight excluding hydrogens is 356 g/mol. The lowest BCUT2D eigenvalue weighted by molar-refractivity contribution is -0.141. The van der Waals surface area contributed by atoms with Gasteiger partial charge in [-0.05, 0) is 24.6 Å². The van der Waals surface area contributed by atoms with Gasteiger partial charge in [-0.25, -0.2) is 0 Å². The monoisotopic (exact) mass is 370 g/mol. The number of carbonyl (C=O) groups is 1. The molecule has 0 bridgehead atoms. The summed E-state index contributed by atoms with van der Waals surface area (Å²) in [7, 11) is 0. The zero-order chi connectivity index (χ0) is 19.1. The van der Waals surface area contributed by atoms with Crippen LogP contribution in [0, 0.1) is 0 Å². The minimum absolute atomic E-state index is 0.0499.